The van der Waals surface area contributed by atoms with Crippen LogP contribution in [0.1, 0.15) is 6.92 Å². The van der Waals surface area contributed by atoms with Crippen molar-refractivity contribution in [2.45, 2.75) is 13.0 Å². The third-order valence-corrected chi connectivity index (χ3v) is 3.24. The molecule has 3 N–H and O–H groups in total. The van der Waals surface area contributed by atoms with Gasteiger partial charge in [0.05, 0.1) is 19.8 Å². The van der Waals surface area contributed by atoms with Crippen molar-refractivity contribution >= 4 is 11.6 Å². The Morgan fingerprint density at radius 2 is 2.05 bits per heavy atom. The molecule has 1 unspecified atom stereocenters. The van der Waals surface area contributed by atoms with Gasteiger partial charge in [0.2, 0.25) is 0 Å². The van der Waals surface area contributed by atoms with Crippen molar-refractivity contribution in [3.05, 3.63) is 30.3 Å². The molecule has 1 aliphatic rings. The highest BCUT2D eigenvalue weighted by atomic mass is 16.5. The number of morpholine rings is 1. The number of aliphatic imine (C=N–C) groups is 1. The maximum Gasteiger partial charge on any atom is 0.193 e. The number of hydrogen-bond acceptors (Lipinski definition) is 3. The van der Waals surface area contributed by atoms with Gasteiger partial charge in [-0.25, -0.2) is 0 Å². The number of rotatable bonds is 4. The maximum atomic E-state index is 5.88. The number of ether oxygens (including phenoxy) is 1. The number of para-hydroxylation sites is 1. The summed E-state index contributed by atoms with van der Waals surface area (Å²) >= 11 is 0. The van der Waals surface area contributed by atoms with Crippen LogP contribution in [-0.4, -0.2) is 49.7 Å². The van der Waals surface area contributed by atoms with E-state index in [1.54, 1.807) is 0 Å². The van der Waals surface area contributed by atoms with Gasteiger partial charge in [-0.15, -0.1) is 0 Å². The molecular weight excluding hydrogens is 240 g/mol. The number of nitrogens with one attached hydrogen (secondary N) is 1. The molecule has 104 valence electrons. The summed E-state index contributed by atoms with van der Waals surface area (Å²) in [4.78, 5) is 6.77. The van der Waals surface area contributed by atoms with Gasteiger partial charge in [0.25, 0.3) is 0 Å². The van der Waals surface area contributed by atoms with Gasteiger partial charge in [0.1, 0.15) is 0 Å². The van der Waals surface area contributed by atoms with Crippen LogP contribution in [0.2, 0.25) is 0 Å². The Labute approximate surface area is 114 Å². The van der Waals surface area contributed by atoms with Crippen LogP contribution in [0.25, 0.3) is 0 Å². The Bertz CT molecular complexity index is 401. The number of guanidine groups is 1. The van der Waals surface area contributed by atoms with Crippen molar-refractivity contribution in [2.75, 3.05) is 38.2 Å². The molecule has 1 aromatic rings. The zero-order valence-electron chi connectivity index (χ0n) is 11.4. The minimum atomic E-state index is 0.389. The van der Waals surface area contributed by atoms with Crippen LogP contribution in [0.5, 0.6) is 0 Å². The molecule has 0 aromatic heterocycles. The number of nitrogens with zero attached hydrogens (tertiary/aromatic N) is 2. The lowest BCUT2D eigenvalue weighted by Gasteiger charge is -2.31. The Kier molecular flexibility index (Phi) is 5.18. The average molecular weight is 262 g/mol. The number of anilines is 1. The second kappa shape index (κ2) is 7.11. The second-order valence-electron chi connectivity index (χ2n) is 4.71. The van der Waals surface area contributed by atoms with Crippen LogP contribution in [-0.2, 0) is 4.74 Å². The zero-order valence-corrected chi connectivity index (χ0v) is 11.4. The molecule has 5 heteroatoms. The first kappa shape index (κ1) is 13.8. The predicted molar refractivity (Wildman–Crippen MR) is 78.4 cm³/mol. The second-order valence-corrected chi connectivity index (χ2v) is 4.71. The highest BCUT2D eigenvalue weighted by molar-refractivity contribution is 5.92. The Balaban J connectivity index is 1.80. The lowest BCUT2D eigenvalue weighted by molar-refractivity contribution is 0.0221. The van der Waals surface area contributed by atoms with Crippen molar-refractivity contribution in [3.8, 4) is 0 Å². The summed E-state index contributed by atoms with van der Waals surface area (Å²) in [5, 5.41) is 3.08. The van der Waals surface area contributed by atoms with E-state index in [0.29, 0.717) is 18.5 Å². The van der Waals surface area contributed by atoms with Gasteiger partial charge < -0.3 is 15.8 Å². The molecule has 1 aromatic carbocycles. The summed E-state index contributed by atoms with van der Waals surface area (Å²) in [6, 6.07) is 10.2. The Morgan fingerprint density at radius 1 is 1.37 bits per heavy atom. The summed E-state index contributed by atoms with van der Waals surface area (Å²) in [5.74, 6) is 0.464. The smallest absolute Gasteiger partial charge is 0.193 e. The topological polar surface area (TPSA) is 62.9 Å². The van der Waals surface area contributed by atoms with Crippen molar-refractivity contribution in [2.24, 2.45) is 10.7 Å². The van der Waals surface area contributed by atoms with Gasteiger partial charge in [-0.1, -0.05) is 18.2 Å². The number of benzene rings is 1. The van der Waals surface area contributed by atoms with Crippen LogP contribution < -0.4 is 11.1 Å². The summed E-state index contributed by atoms with van der Waals surface area (Å²) in [6.45, 7) is 6.44. The lowest BCUT2D eigenvalue weighted by atomic mass is 10.2. The van der Waals surface area contributed by atoms with Crippen LogP contribution in [0, 0.1) is 0 Å². The van der Waals surface area contributed by atoms with Crippen molar-refractivity contribution in [1.82, 2.24) is 4.90 Å². The van der Waals surface area contributed by atoms with Crippen molar-refractivity contribution in [3.63, 3.8) is 0 Å². The molecule has 19 heavy (non-hydrogen) atoms. The van der Waals surface area contributed by atoms with Crippen LogP contribution >= 0.6 is 0 Å². The third-order valence-electron chi connectivity index (χ3n) is 3.24. The molecule has 2 rings (SSSR count). The summed E-state index contributed by atoms with van der Waals surface area (Å²) in [6.07, 6.45) is 0. The van der Waals surface area contributed by atoms with E-state index >= 15 is 0 Å². The molecule has 0 aliphatic carbocycles. The number of nitrogens with two attached hydrogens (primary N) is 1. The fourth-order valence-corrected chi connectivity index (χ4v) is 2.07. The average Bonchev–Trinajstić information content (AvgIpc) is 2.47. The van der Waals surface area contributed by atoms with E-state index in [1.165, 1.54) is 0 Å². The molecule has 0 spiro atoms. The first-order valence-corrected chi connectivity index (χ1v) is 6.69. The molecule has 1 atom stereocenters. The van der Waals surface area contributed by atoms with Gasteiger partial charge in [-0.05, 0) is 19.1 Å². The normalized spacial score (nSPS) is 19.1. The molecule has 1 aliphatic heterocycles. The van der Waals surface area contributed by atoms with Gasteiger partial charge >= 0.3 is 0 Å². The SMILES string of the molecule is CC(CN=C(N)Nc1ccccc1)N1CCOCC1. The first-order chi connectivity index (χ1) is 9.25. The molecule has 0 bridgehead atoms. The molecule has 0 amide bonds. The lowest BCUT2D eigenvalue weighted by Crippen LogP contribution is -2.43. The summed E-state index contributed by atoms with van der Waals surface area (Å²) in [7, 11) is 0. The van der Waals surface area contributed by atoms with Crippen molar-refractivity contribution < 1.29 is 4.74 Å². The molecule has 1 saturated heterocycles. The zero-order chi connectivity index (χ0) is 13.5. The van der Waals surface area contributed by atoms with Gasteiger partial charge in [-0.2, -0.15) is 0 Å². The Hall–Kier alpha value is -1.59. The van der Waals surface area contributed by atoms with Crippen LogP contribution in [0.3, 0.4) is 0 Å². The fraction of sp³-hybridized carbons (Fsp3) is 0.500. The van der Waals surface area contributed by atoms with Gasteiger partial charge in [-0.3, -0.25) is 9.89 Å². The van der Waals surface area contributed by atoms with E-state index in [4.69, 9.17) is 10.5 Å². The van der Waals surface area contributed by atoms with Gasteiger partial charge in [0, 0.05) is 24.8 Å². The molecule has 1 heterocycles. The van der Waals surface area contributed by atoms with Gasteiger partial charge in [0.15, 0.2) is 5.96 Å². The predicted octanol–water partition coefficient (Wildman–Crippen LogP) is 1.13. The van der Waals surface area contributed by atoms with E-state index in [1.807, 2.05) is 30.3 Å². The first-order valence-electron chi connectivity index (χ1n) is 6.69. The standard InChI is InChI=1S/C14H22N4O/c1-12(18-7-9-19-10-8-18)11-16-14(15)17-13-5-3-2-4-6-13/h2-6,12H,7-11H2,1H3,(H3,15,16,17). The summed E-state index contributed by atoms with van der Waals surface area (Å²) < 4.78 is 5.34. The largest absolute Gasteiger partial charge is 0.379 e. The molecular formula is C14H22N4O. The van der Waals surface area contributed by atoms with E-state index in [2.05, 4.69) is 22.1 Å². The van der Waals surface area contributed by atoms with E-state index < -0.39 is 0 Å². The monoisotopic (exact) mass is 262 g/mol. The van der Waals surface area contributed by atoms with Crippen molar-refractivity contribution in [1.29, 1.82) is 0 Å². The molecule has 1 fully saturated rings. The molecule has 0 radical (unpaired) electrons. The minimum Gasteiger partial charge on any atom is -0.379 e. The van der Waals surface area contributed by atoms with E-state index in [-0.39, 0.29) is 0 Å². The Morgan fingerprint density at radius 3 is 2.74 bits per heavy atom. The maximum absolute atomic E-state index is 5.88. The molecule has 5 nitrogen and oxygen atoms in total. The fourth-order valence-electron chi connectivity index (χ4n) is 2.07. The highest BCUT2D eigenvalue weighted by Crippen LogP contribution is 2.05. The summed E-state index contributed by atoms with van der Waals surface area (Å²) in [5.41, 5.74) is 6.84. The molecule has 0 saturated carbocycles. The minimum absolute atomic E-state index is 0.389. The highest BCUT2D eigenvalue weighted by Gasteiger charge is 2.16. The number of hydrogen-bond donors (Lipinski definition) is 2. The van der Waals surface area contributed by atoms with E-state index in [0.717, 1.165) is 32.0 Å². The quantitative estimate of drug-likeness (QED) is 0.631. The van der Waals surface area contributed by atoms with Crippen LogP contribution in [0.4, 0.5) is 5.69 Å². The third kappa shape index (κ3) is 4.54. The van der Waals surface area contributed by atoms with Crippen LogP contribution in [0.15, 0.2) is 35.3 Å². The van der Waals surface area contributed by atoms with E-state index in [9.17, 15) is 0 Å².